The maximum Gasteiger partial charge on any atom is 0.331 e. The minimum absolute atomic E-state index is 0.232. The zero-order valence-corrected chi connectivity index (χ0v) is 16.4. The summed E-state index contributed by atoms with van der Waals surface area (Å²) in [6, 6.07) is 10.8. The SMILES string of the molecule is C=CCOc1ccc(/C=C/C(=O)OCC(=O)c2ccc(C)cc2C)cc1OC. The summed E-state index contributed by atoms with van der Waals surface area (Å²) in [5, 5.41) is 0. The Morgan fingerprint density at radius 3 is 2.54 bits per heavy atom. The van der Waals surface area contributed by atoms with E-state index in [2.05, 4.69) is 6.58 Å². The van der Waals surface area contributed by atoms with E-state index in [1.165, 1.54) is 13.2 Å². The molecule has 0 aliphatic carbocycles. The van der Waals surface area contributed by atoms with Crippen molar-refractivity contribution in [2.24, 2.45) is 0 Å². The Balaban J connectivity index is 1.96. The second kappa shape index (κ2) is 10.1. The first kappa shape index (κ1) is 21.0. The molecule has 5 heteroatoms. The van der Waals surface area contributed by atoms with Crippen molar-refractivity contribution in [3.05, 3.63) is 77.4 Å². The number of Topliss-reactive ketones (excluding diaryl/α,β-unsaturated/α-hetero) is 1. The molecule has 0 spiro atoms. The van der Waals surface area contributed by atoms with Crippen LogP contribution >= 0.6 is 0 Å². The van der Waals surface area contributed by atoms with E-state index < -0.39 is 5.97 Å². The molecule has 0 heterocycles. The predicted octanol–water partition coefficient (Wildman–Crippen LogP) is 4.32. The van der Waals surface area contributed by atoms with Crippen LogP contribution in [0.2, 0.25) is 0 Å². The van der Waals surface area contributed by atoms with Crippen LogP contribution in [0.3, 0.4) is 0 Å². The summed E-state index contributed by atoms with van der Waals surface area (Å²) in [7, 11) is 1.54. The molecule has 0 aromatic heterocycles. The number of aryl methyl sites for hydroxylation is 2. The Hall–Kier alpha value is -3.34. The van der Waals surface area contributed by atoms with Crippen molar-refractivity contribution in [1.82, 2.24) is 0 Å². The normalized spacial score (nSPS) is 10.5. The lowest BCUT2D eigenvalue weighted by molar-refractivity contribution is -0.136. The van der Waals surface area contributed by atoms with Gasteiger partial charge in [0.15, 0.2) is 18.1 Å². The smallest absolute Gasteiger partial charge is 0.331 e. The van der Waals surface area contributed by atoms with Crippen molar-refractivity contribution in [2.45, 2.75) is 13.8 Å². The molecule has 5 nitrogen and oxygen atoms in total. The van der Waals surface area contributed by atoms with Gasteiger partial charge in [-0.3, -0.25) is 4.79 Å². The molecule has 28 heavy (non-hydrogen) atoms. The van der Waals surface area contributed by atoms with Gasteiger partial charge in [-0.15, -0.1) is 0 Å². The monoisotopic (exact) mass is 380 g/mol. The van der Waals surface area contributed by atoms with Crippen LogP contribution in [0.5, 0.6) is 11.5 Å². The highest BCUT2D eigenvalue weighted by Gasteiger charge is 2.11. The molecule has 0 radical (unpaired) electrons. The Bertz CT molecular complexity index is 896. The van der Waals surface area contributed by atoms with Crippen LogP contribution in [0.15, 0.2) is 55.1 Å². The number of carbonyl (C=O) groups is 2. The number of rotatable bonds is 9. The minimum Gasteiger partial charge on any atom is -0.493 e. The zero-order valence-electron chi connectivity index (χ0n) is 16.4. The molecule has 0 saturated heterocycles. The van der Waals surface area contributed by atoms with Crippen molar-refractivity contribution >= 4 is 17.8 Å². The number of methoxy groups -OCH3 is 1. The van der Waals surface area contributed by atoms with Gasteiger partial charge in [0.1, 0.15) is 6.61 Å². The van der Waals surface area contributed by atoms with E-state index in [4.69, 9.17) is 14.2 Å². The maximum atomic E-state index is 12.2. The van der Waals surface area contributed by atoms with E-state index in [1.54, 1.807) is 36.4 Å². The first-order valence-corrected chi connectivity index (χ1v) is 8.81. The van der Waals surface area contributed by atoms with E-state index in [0.29, 0.717) is 23.7 Å². The standard InChI is InChI=1S/C23H24O5/c1-5-12-27-21-10-7-18(14-22(21)26-4)8-11-23(25)28-15-20(24)19-9-6-16(2)13-17(19)3/h5-11,13-14H,1,12,15H2,2-4H3/b11-8+. The van der Waals surface area contributed by atoms with Gasteiger partial charge in [-0.05, 0) is 43.2 Å². The van der Waals surface area contributed by atoms with Crippen molar-refractivity contribution in [3.63, 3.8) is 0 Å². The van der Waals surface area contributed by atoms with Crippen LogP contribution in [0.4, 0.5) is 0 Å². The summed E-state index contributed by atoms with van der Waals surface area (Å²) in [6.07, 6.45) is 4.50. The van der Waals surface area contributed by atoms with E-state index in [0.717, 1.165) is 16.7 Å². The average molecular weight is 380 g/mol. The topological polar surface area (TPSA) is 61.8 Å². The minimum atomic E-state index is -0.593. The van der Waals surface area contributed by atoms with Gasteiger partial charge in [-0.2, -0.15) is 0 Å². The summed E-state index contributed by atoms with van der Waals surface area (Å²) in [4.78, 5) is 24.1. The fourth-order valence-corrected chi connectivity index (χ4v) is 2.61. The third-order valence-electron chi connectivity index (χ3n) is 3.98. The quantitative estimate of drug-likeness (QED) is 0.281. The summed E-state index contributed by atoms with van der Waals surface area (Å²) in [5.74, 6) is 0.303. The molecule has 0 aliphatic rings. The molecule has 0 fully saturated rings. The van der Waals surface area contributed by atoms with Gasteiger partial charge >= 0.3 is 5.97 Å². The van der Waals surface area contributed by atoms with Crippen LogP contribution in [0.1, 0.15) is 27.0 Å². The molecule has 0 bridgehead atoms. The average Bonchev–Trinajstić information content (AvgIpc) is 2.69. The Morgan fingerprint density at radius 1 is 1.07 bits per heavy atom. The highest BCUT2D eigenvalue weighted by Crippen LogP contribution is 2.28. The van der Waals surface area contributed by atoms with Crippen molar-refractivity contribution in [2.75, 3.05) is 20.3 Å². The fraction of sp³-hybridized carbons (Fsp3) is 0.217. The van der Waals surface area contributed by atoms with Crippen LogP contribution in [0.25, 0.3) is 6.08 Å². The molecule has 0 saturated carbocycles. The summed E-state index contributed by atoms with van der Waals surface area (Å²) in [6.45, 7) is 7.49. The van der Waals surface area contributed by atoms with Crippen molar-refractivity contribution in [3.8, 4) is 11.5 Å². The van der Waals surface area contributed by atoms with E-state index >= 15 is 0 Å². The van der Waals surface area contributed by atoms with Crippen LogP contribution in [0, 0.1) is 13.8 Å². The highest BCUT2D eigenvalue weighted by molar-refractivity contribution is 6.00. The van der Waals surface area contributed by atoms with Gasteiger partial charge in [-0.25, -0.2) is 4.79 Å². The van der Waals surface area contributed by atoms with Crippen LogP contribution < -0.4 is 9.47 Å². The first-order valence-electron chi connectivity index (χ1n) is 8.81. The molecule has 0 unspecified atom stereocenters. The number of hydrogen-bond acceptors (Lipinski definition) is 5. The second-order valence-electron chi connectivity index (χ2n) is 6.19. The lowest BCUT2D eigenvalue weighted by Crippen LogP contribution is -2.13. The lowest BCUT2D eigenvalue weighted by Gasteiger charge is -2.09. The third kappa shape index (κ3) is 5.84. The lowest BCUT2D eigenvalue weighted by atomic mass is 10.0. The van der Waals surface area contributed by atoms with E-state index in [9.17, 15) is 9.59 Å². The summed E-state index contributed by atoms with van der Waals surface area (Å²) in [5.41, 5.74) is 3.23. The number of hydrogen-bond donors (Lipinski definition) is 0. The number of benzene rings is 2. The molecule has 0 N–H and O–H groups in total. The summed E-state index contributed by atoms with van der Waals surface area (Å²) >= 11 is 0. The van der Waals surface area contributed by atoms with Gasteiger partial charge < -0.3 is 14.2 Å². The zero-order chi connectivity index (χ0) is 20.5. The Morgan fingerprint density at radius 2 is 1.86 bits per heavy atom. The highest BCUT2D eigenvalue weighted by atomic mass is 16.5. The number of esters is 1. The first-order chi connectivity index (χ1) is 13.4. The maximum absolute atomic E-state index is 12.2. The van der Waals surface area contributed by atoms with Crippen LogP contribution in [-0.2, 0) is 9.53 Å². The molecular formula is C23H24O5. The van der Waals surface area contributed by atoms with Gasteiger partial charge in [0.05, 0.1) is 7.11 Å². The largest absolute Gasteiger partial charge is 0.493 e. The van der Waals surface area contributed by atoms with E-state index in [1.807, 2.05) is 26.0 Å². The van der Waals surface area contributed by atoms with Gasteiger partial charge in [0.2, 0.25) is 5.78 Å². The second-order valence-corrected chi connectivity index (χ2v) is 6.19. The molecule has 0 aliphatic heterocycles. The number of ether oxygens (including phenoxy) is 3. The van der Waals surface area contributed by atoms with Gasteiger partial charge in [0.25, 0.3) is 0 Å². The van der Waals surface area contributed by atoms with Gasteiger partial charge in [-0.1, -0.05) is 42.5 Å². The molecule has 0 amide bonds. The van der Waals surface area contributed by atoms with E-state index in [-0.39, 0.29) is 12.4 Å². The molecule has 2 rings (SSSR count). The van der Waals surface area contributed by atoms with Crippen LogP contribution in [-0.4, -0.2) is 32.1 Å². The Kier molecular flexibility index (Phi) is 7.57. The molecule has 0 atom stereocenters. The number of ketones is 1. The third-order valence-corrected chi connectivity index (χ3v) is 3.98. The van der Waals surface area contributed by atoms with Crippen molar-refractivity contribution in [1.29, 1.82) is 0 Å². The fourth-order valence-electron chi connectivity index (χ4n) is 2.61. The molecule has 2 aromatic carbocycles. The number of carbonyl (C=O) groups excluding carboxylic acids is 2. The Labute approximate surface area is 165 Å². The summed E-state index contributed by atoms with van der Waals surface area (Å²) < 4.78 is 15.8. The molecular weight excluding hydrogens is 356 g/mol. The van der Waals surface area contributed by atoms with Crippen molar-refractivity contribution < 1.29 is 23.8 Å². The molecule has 2 aromatic rings. The molecule has 146 valence electrons. The van der Waals surface area contributed by atoms with Gasteiger partial charge in [0, 0.05) is 11.6 Å². The predicted molar refractivity (Wildman–Crippen MR) is 109 cm³/mol.